The molecule has 0 amide bonds. The first-order valence-corrected chi connectivity index (χ1v) is 14.4. The highest BCUT2D eigenvalue weighted by Crippen LogP contribution is 2.35. The molecule has 0 N–H and O–H groups in total. The van der Waals surface area contributed by atoms with Crippen LogP contribution in [0.4, 0.5) is 0 Å². The van der Waals surface area contributed by atoms with E-state index in [0.29, 0.717) is 6.10 Å². The lowest BCUT2D eigenvalue weighted by Gasteiger charge is -2.30. The monoisotopic (exact) mass is 420 g/mol. The third kappa shape index (κ3) is 12.1. The largest absolute Gasteiger partial charge is 0.378 e. The summed E-state index contributed by atoms with van der Waals surface area (Å²) in [5, 5.41) is 0. The lowest BCUT2D eigenvalue weighted by Crippen LogP contribution is -2.22. The van der Waals surface area contributed by atoms with Crippen LogP contribution in [0.5, 0.6) is 0 Å². The molecule has 0 spiro atoms. The smallest absolute Gasteiger partial charge is 0.0575 e. The van der Waals surface area contributed by atoms with Gasteiger partial charge in [-0.05, 0) is 56.3 Å². The molecule has 0 aromatic carbocycles. The van der Waals surface area contributed by atoms with E-state index in [4.69, 9.17) is 4.74 Å². The van der Waals surface area contributed by atoms with E-state index >= 15 is 0 Å². The van der Waals surface area contributed by atoms with Gasteiger partial charge in [-0.3, -0.25) is 0 Å². The van der Waals surface area contributed by atoms with Gasteiger partial charge >= 0.3 is 0 Å². The third-order valence-electron chi connectivity index (χ3n) is 8.30. The molecular weight excluding hydrogens is 364 g/mol. The minimum Gasteiger partial charge on any atom is -0.378 e. The standard InChI is InChI=1S/C29H56O/c1-3-5-7-9-11-14-26-17-19-28(20-18-26)16-13-25-30-29-23-21-27(22-24-29)15-12-10-8-6-4-2/h26-29H,3-25H2,1-2H3. The number of ether oxygens (including phenoxy) is 1. The maximum atomic E-state index is 6.29. The SMILES string of the molecule is CCCCCCCC1CCC(CCCOC2CCC(CCCCCCC)CC2)CC1. The second kappa shape index (κ2) is 17.5. The molecule has 2 fully saturated rings. The first-order chi connectivity index (χ1) is 14.8. The van der Waals surface area contributed by atoms with Crippen LogP contribution < -0.4 is 0 Å². The summed E-state index contributed by atoms with van der Waals surface area (Å²) in [6.45, 7) is 5.65. The Bertz CT molecular complexity index is 327. The fourth-order valence-electron chi connectivity index (χ4n) is 6.09. The van der Waals surface area contributed by atoms with Crippen molar-refractivity contribution < 1.29 is 4.74 Å². The Kier molecular flexibility index (Phi) is 15.3. The number of hydrogen-bond donors (Lipinski definition) is 0. The maximum Gasteiger partial charge on any atom is 0.0575 e. The van der Waals surface area contributed by atoms with E-state index in [2.05, 4.69) is 13.8 Å². The molecule has 0 saturated heterocycles. The first-order valence-electron chi connectivity index (χ1n) is 14.4. The van der Waals surface area contributed by atoms with Crippen LogP contribution >= 0.6 is 0 Å². The summed E-state index contributed by atoms with van der Waals surface area (Å²) in [5.41, 5.74) is 0. The summed E-state index contributed by atoms with van der Waals surface area (Å²) < 4.78 is 6.29. The van der Waals surface area contributed by atoms with Crippen molar-refractivity contribution in [3.05, 3.63) is 0 Å². The van der Waals surface area contributed by atoms with E-state index in [9.17, 15) is 0 Å². The fourth-order valence-corrected chi connectivity index (χ4v) is 6.09. The van der Waals surface area contributed by atoms with Gasteiger partial charge < -0.3 is 4.74 Å². The first kappa shape index (κ1) is 26.2. The molecule has 2 rings (SSSR count). The molecule has 0 aromatic rings. The second-order valence-corrected chi connectivity index (χ2v) is 10.9. The zero-order valence-electron chi connectivity index (χ0n) is 21.0. The molecule has 30 heavy (non-hydrogen) atoms. The summed E-state index contributed by atoms with van der Waals surface area (Å²) in [5.74, 6) is 3.07. The molecule has 2 aliphatic rings. The Labute approximate surface area is 190 Å². The third-order valence-corrected chi connectivity index (χ3v) is 8.30. The lowest BCUT2D eigenvalue weighted by atomic mass is 9.78. The van der Waals surface area contributed by atoms with Crippen LogP contribution in [0.15, 0.2) is 0 Å². The zero-order chi connectivity index (χ0) is 21.3. The molecule has 178 valence electrons. The van der Waals surface area contributed by atoms with Gasteiger partial charge in [0, 0.05) is 6.61 Å². The molecule has 1 nitrogen and oxygen atoms in total. The molecule has 2 saturated carbocycles. The summed E-state index contributed by atoms with van der Waals surface area (Å²) in [7, 11) is 0. The Balaban J connectivity index is 1.39. The second-order valence-electron chi connectivity index (χ2n) is 10.9. The van der Waals surface area contributed by atoms with Crippen LogP contribution in [-0.4, -0.2) is 12.7 Å². The van der Waals surface area contributed by atoms with Gasteiger partial charge in [-0.15, -0.1) is 0 Å². The normalized spacial score (nSPS) is 27.4. The molecule has 0 bridgehead atoms. The predicted octanol–water partition coefficient (Wildman–Crippen LogP) is 9.87. The topological polar surface area (TPSA) is 9.23 Å². The molecule has 0 atom stereocenters. The zero-order valence-corrected chi connectivity index (χ0v) is 21.0. The maximum absolute atomic E-state index is 6.29. The number of hydrogen-bond acceptors (Lipinski definition) is 1. The van der Waals surface area contributed by atoms with Crippen molar-refractivity contribution in [1.82, 2.24) is 0 Å². The molecule has 0 aromatic heterocycles. The van der Waals surface area contributed by atoms with E-state index in [1.807, 2.05) is 0 Å². The minimum atomic E-state index is 0.588. The summed E-state index contributed by atoms with van der Waals surface area (Å²) >= 11 is 0. The molecule has 0 aliphatic heterocycles. The predicted molar refractivity (Wildman–Crippen MR) is 133 cm³/mol. The Morgan fingerprint density at radius 2 is 0.867 bits per heavy atom. The van der Waals surface area contributed by atoms with Crippen LogP contribution in [0.25, 0.3) is 0 Å². The van der Waals surface area contributed by atoms with Crippen molar-refractivity contribution in [2.45, 2.75) is 161 Å². The van der Waals surface area contributed by atoms with Crippen molar-refractivity contribution in [1.29, 1.82) is 0 Å². The van der Waals surface area contributed by atoms with Gasteiger partial charge in [-0.25, -0.2) is 0 Å². The summed E-state index contributed by atoms with van der Waals surface area (Å²) in [6, 6.07) is 0. The highest BCUT2D eigenvalue weighted by atomic mass is 16.5. The number of rotatable bonds is 17. The average molecular weight is 421 g/mol. The van der Waals surface area contributed by atoms with Crippen LogP contribution in [0.3, 0.4) is 0 Å². The molecule has 1 heteroatoms. The van der Waals surface area contributed by atoms with Gasteiger partial charge in [-0.2, -0.15) is 0 Å². The van der Waals surface area contributed by atoms with Crippen molar-refractivity contribution in [2.75, 3.05) is 6.61 Å². The van der Waals surface area contributed by atoms with Gasteiger partial charge in [0.25, 0.3) is 0 Å². The summed E-state index contributed by atoms with van der Waals surface area (Å²) in [4.78, 5) is 0. The van der Waals surface area contributed by atoms with E-state index < -0.39 is 0 Å². The van der Waals surface area contributed by atoms with Crippen LogP contribution in [0.2, 0.25) is 0 Å². The minimum absolute atomic E-state index is 0.588. The quantitative estimate of drug-likeness (QED) is 0.213. The van der Waals surface area contributed by atoms with Gasteiger partial charge in [0.1, 0.15) is 0 Å². The van der Waals surface area contributed by atoms with Crippen molar-refractivity contribution in [3.63, 3.8) is 0 Å². The average Bonchev–Trinajstić information content (AvgIpc) is 2.78. The van der Waals surface area contributed by atoms with Gasteiger partial charge in [-0.1, -0.05) is 117 Å². The fraction of sp³-hybridized carbons (Fsp3) is 1.00. The van der Waals surface area contributed by atoms with Crippen molar-refractivity contribution >= 4 is 0 Å². The Hall–Kier alpha value is -0.0400. The molecular formula is C29H56O. The van der Waals surface area contributed by atoms with Gasteiger partial charge in [0.05, 0.1) is 6.10 Å². The summed E-state index contributed by atoms with van der Waals surface area (Å²) in [6.07, 6.45) is 32.3. The van der Waals surface area contributed by atoms with Crippen molar-refractivity contribution in [3.8, 4) is 0 Å². The van der Waals surface area contributed by atoms with Crippen LogP contribution in [-0.2, 0) is 4.74 Å². The van der Waals surface area contributed by atoms with E-state index in [-0.39, 0.29) is 0 Å². The molecule has 0 heterocycles. The Morgan fingerprint density at radius 3 is 1.33 bits per heavy atom. The highest BCUT2D eigenvalue weighted by Gasteiger charge is 2.22. The molecule has 0 radical (unpaired) electrons. The van der Waals surface area contributed by atoms with Crippen LogP contribution in [0, 0.1) is 17.8 Å². The van der Waals surface area contributed by atoms with E-state index in [1.165, 1.54) is 141 Å². The lowest BCUT2D eigenvalue weighted by molar-refractivity contribution is 0.0131. The highest BCUT2D eigenvalue weighted by molar-refractivity contribution is 4.74. The number of unbranched alkanes of at least 4 members (excludes halogenated alkanes) is 8. The van der Waals surface area contributed by atoms with E-state index in [1.54, 1.807) is 0 Å². The molecule has 2 aliphatic carbocycles. The van der Waals surface area contributed by atoms with Crippen LogP contribution in [0.1, 0.15) is 155 Å². The Morgan fingerprint density at radius 1 is 0.467 bits per heavy atom. The molecule has 0 unspecified atom stereocenters. The van der Waals surface area contributed by atoms with Gasteiger partial charge in [0.15, 0.2) is 0 Å². The van der Waals surface area contributed by atoms with Gasteiger partial charge in [0.2, 0.25) is 0 Å². The van der Waals surface area contributed by atoms with E-state index in [0.717, 1.165) is 24.4 Å². The van der Waals surface area contributed by atoms with Crippen molar-refractivity contribution in [2.24, 2.45) is 17.8 Å².